The van der Waals surface area contributed by atoms with Crippen molar-refractivity contribution in [1.82, 2.24) is 14.5 Å². The molecule has 8 aromatic rings. The first-order valence-corrected chi connectivity index (χ1v) is 23.3. The lowest BCUT2D eigenvalue weighted by Crippen LogP contribution is -2.13. The van der Waals surface area contributed by atoms with E-state index in [9.17, 15) is 9.22 Å². The molecule has 66 heavy (non-hydrogen) atoms. The number of aromatic hydroxyl groups is 1. The number of phenols is 1. The lowest BCUT2D eigenvalue weighted by atomic mass is 9.80. The predicted molar refractivity (Wildman–Crippen MR) is 281 cm³/mol. The van der Waals surface area contributed by atoms with Crippen LogP contribution in [-0.2, 0) is 10.8 Å². The number of nitrogens with zero attached hydrogens (tertiary/aromatic N) is 3. The third kappa shape index (κ3) is 9.00. The molecular formula is C62H69N3O. The highest BCUT2D eigenvalue weighted by molar-refractivity contribution is 5.97. The van der Waals surface area contributed by atoms with E-state index in [1.165, 1.54) is 5.56 Å². The second-order valence-corrected chi connectivity index (χ2v) is 20.9. The fourth-order valence-corrected chi connectivity index (χ4v) is 9.07. The predicted octanol–water partition coefficient (Wildman–Crippen LogP) is 17.5. The third-order valence-electron chi connectivity index (χ3n) is 12.9. The minimum absolute atomic E-state index is 0.0519. The van der Waals surface area contributed by atoms with Crippen LogP contribution in [0.25, 0.3) is 72.7 Å². The van der Waals surface area contributed by atoms with Gasteiger partial charge in [0.1, 0.15) is 11.6 Å². The quantitative estimate of drug-likeness (QED) is 0.149. The summed E-state index contributed by atoms with van der Waals surface area (Å²) in [5, 5.41) is 12.4. The van der Waals surface area contributed by atoms with Gasteiger partial charge in [-0.1, -0.05) is 176 Å². The van der Waals surface area contributed by atoms with E-state index in [1.807, 2.05) is 72.0 Å². The smallest absolute Gasteiger partial charge is 0.149 e. The summed E-state index contributed by atoms with van der Waals surface area (Å²) in [7, 11) is 0. The van der Waals surface area contributed by atoms with Gasteiger partial charge in [0.25, 0.3) is 0 Å². The van der Waals surface area contributed by atoms with Crippen LogP contribution < -0.4 is 0 Å². The largest absolute Gasteiger partial charge is 0.507 e. The molecule has 0 aliphatic carbocycles. The average molecular weight is 876 g/mol. The highest BCUT2D eigenvalue weighted by Crippen LogP contribution is 2.45. The minimum Gasteiger partial charge on any atom is -0.507 e. The Kier molecular flexibility index (Phi) is 11.1. The Hall–Kier alpha value is -6.26. The van der Waals surface area contributed by atoms with Crippen LogP contribution in [-0.4, -0.2) is 19.6 Å². The Morgan fingerprint density at radius 3 is 1.83 bits per heavy atom. The van der Waals surface area contributed by atoms with Crippen molar-refractivity contribution in [3.63, 3.8) is 0 Å². The molecule has 0 unspecified atom stereocenters. The summed E-state index contributed by atoms with van der Waals surface area (Å²) in [5.41, 5.74) is 15.3. The summed E-state index contributed by atoms with van der Waals surface area (Å²) in [6.45, 7) is 28.1. The van der Waals surface area contributed by atoms with E-state index >= 15 is 0 Å². The van der Waals surface area contributed by atoms with Crippen LogP contribution in [0.3, 0.4) is 0 Å². The van der Waals surface area contributed by atoms with Gasteiger partial charge in [0, 0.05) is 28.5 Å². The van der Waals surface area contributed by atoms with Crippen molar-refractivity contribution in [2.24, 2.45) is 0 Å². The Bertz CT molecular complexity index is 3270. The van der Waals surface area contributed by atoms with Crippen LogP contribution in [0.2, 0.25) is 0 Å². The molecule has 4 nitrogen and oxygen atoms in total. The molecule has 0 aliphatic rings. The monoisotopic (exact) mass is 876 g/mol. The zero-order valence-corrected chi connectivity index (χ0v) is 41.5. The summed E-state index contributed by atoms with van der Waals surface area (Å²) in [6.07, 6.45) is 1.86. The van der Waals surface area contributed by atoms with Crippen LogP contribution >= 0.6 is 0 Å². The molecule has 0 saturated carbocycles. The van der Waals surface area contributed by atoms with Gasteiger partial charge < -0.3 is 5.11 Å². The van der Waals surface area contributed by atoms with Crippen LogP contribution in [0.4, 0.5) is 0 Å². The first-order valence-electron chi connectivity index (χ1n) is 25.3. The van der Waals surface area contributed by atoms with Gasteiger partial charge in [0.2, 0.25) is 0 Å². The van der Waals surface area contributed by atoms with Crippen LogP contribution in [0.5, 0.6) is 5.75 Å². The lowest BCUT2D eigenvalue weighted by molar-refractivity contribution is 0.466. The van der Waals surface area contributed by atoms with Crippen molar-refractivity contribution in [3.05, 3.63) is 167 Å². The molecule has 0 atom stereocenters. The van der Waals surface area contributed by atoms with Crippen molar-refractivity contribution >= 4 is 11.0 Å². The number of fused-ring (bicyclic) bond motifs is 1. The third-order valence-corrected chi connectivity index (χ3v) is 12.9. The number of hydrogen-bond acceptors (Lipinski definition) is 3. The minimum atomic E-state index is -1.19. The molecule has 0 fully saturated rings. The fourth-order valence-electron chi connectivity index (χ4n) is 9.07. The van der Waals surface area contributed by atoms with Gasteiger partial charge >= 0.3 is 0 Å². The van der Waals surface area contributed by atoms with Crippen LogP contribution in [0, 0.1) is 0 Å². The van der Waals surface area contributed by atoms with E-state index in [-0.39, 0.29) is 16.6 Å². The second kappa shape index (κ2) is 17.9. The highest BCUT2D eigenvalue weighted by atomic mass is 16.3. The summed E-state index contributed by atoms with van der Waals surface area (Å²) < 4.78 is 38.6. The van der Waals surface area contributed by atoms with E-state index in [4.69, 9.17) is 11.3 Å². The van der Waals surface area contributed by atoms with E-state index in [0.29, 0.717) is 28.0 Å². The molecule has 8 rings (SSSR count). The number of pyridine rings is 1. The van der Waals surface area contributed by atoms with Crippen molar-refractivity contribution in [3.8, 4) is 67.5 Å². The number of benzene rings is 6. The summed E-state index contributed by atoms with van der Waals surface area (Å²) in [4.78, 5) is 10.5. The van der Waals surface area contributed by atoms with E-state index < -0.39 is 23.6 Å². The number of hydrogen-bond donors (Lipinski definition) is 1. The van der Waals surface area contributed by atoms with Crippen molar-refractivity contribution in [2.45, 2.75) is 131 Å². The Morgan fingerprint density at radius 1 is 0.515 bits per heavy atom. The number of phenolic OH excluding ortho intramolecular Hbond substituents is 1. The number of para-hydroxylation sites is 1. The first-order chi connectivity index (χ1) is 32.4. The molecule has 0 aliphatic heterocycles. The van der Waals surface area contributed by atoms with Crippen molar-refractivity contribution < 1.29 is 10.6 Å². The maximum Gasteiger partial charge on any atom is 0.149 e. The Labute approximate surface area is 400 Å². The molecule has 6 aromatic carbocycles. The summed E-state index contributed by atoms with van der Waals surface area (Å²) in [6, 6.07) is 43.6. The van der Waals surface area contributed by atoms with E-state index in [1.54, 1.807) is 19.9 Å². The normalized spacial score (nSPS) is 13.9. The number of imidazole rings is 1. The van der Waals surface area contributed by atoms with Gasteiger partial charge in [-0.15, -0.1) is 0 Å². The molecule has 0 radical (unpaired) electrons. The summed E-state index contributed by atoms with van der Waals surface area (Å²) >= 11 is 0. The van der Waals surface area contributed by atoms with Gasteiger partial charge in [-0.3, -0.25) is 9.55 Å². The average Bonchev–Trinajstić information content (AvgIpc) is 3.66. The molecule has 1 N–H and O–H groups in total. The maximum atomic E-state index is 12.4. The van der Waals surface area contributed by atoms with Gasteiger partial charge in [0.15, 0.2) is 0 Å². The number of rotatable bonds is 10. The molecule has 0 saturated heterocycles. The molecular weight excluding hydrogens is 803 g/mol. The first kappa shape index (κ1) is 41.2. The zero-order chi connectivity index (χ0) is 51.1. The lowest BCUT2D eigenvalue weighted by Gasteiger charge is -2.25. The van der Waals surface area contributed by atoms with Gasteiger partial charge in [0.05, 0.1) is 22.3 Å². The fraction of sp³-hybridized carbons (Fsp3) is 0.323. The Balaban J connectivity index is 1.42. The molecule has 2 aromatic heterocycles. The van der Waals surface area contributed by atoms with Crippen molar-refractivity contribution in [1.29, 1.82) is 0 Å². The molecule has 338 valence electrons. The van der Waals surface area contributed by atoms with Gasteiger partial charge in [-0.2, -0.15) is 0 Å². The highest BCUT2D eigenvalue weighted by Gasteiger charge is 2.26. The van der Waals surface area contributed by atoms with Gasteiger partial charge in [-0.25, -0.2) is 4.98 Å². The topological polar surface area (TPSA) is 50.9 Å². The van der Waals surface area contributed by atoms with Gasteiger partial charge in [-0.05, 0) is 144 Å². The SMILES string of the molecule is [2H]C(C)(C)c1ccc(-c2ccnc(-c3cc(-c4cccc5c4nc(-c4cc(C([2H])(C)C)cc(C([2H])(C)C)c4O)n5-c4ccc(-c5ccccc5C(C)(C)C)c(C([2H])(C)C)c4)cc(C(C)(C)C)c3)c2)cc1. The molecule has 2 heterocycles. The molecule has 0 spiro atoms. The van der Waals surface area contributed by atoms with Crippen molar-refractivity contribution in [2.75, 3.05) is 0 Å². The molecule has 0 bridgehead atoms. The number of aromatic nitrogens is 3. The van der Waals surface area contributed by atoms with Crippen LogP contribution in [0.15, 0.2) is 134 Å². The molecule has 4 heteroatoms. The second-order valence-electron chi connectivity index (χ2n) is 20.9. The Morgan fingerprint density at radius 2 is 1.18 bits per heavy atom. The zero-order valence-electron chi connectivity index (χ0n) is 45.5. The van der Waals surface area contributed by atoms with Crippen LogP contribution in [0.1, 0.15) is 159 Å². The van der Waals surface area contributed by atoms with E-state index in [0.717, 1.165) is 72.5 Å². The molecule has 0 amide bonds. The standard InChI is InChI=1S/C62H69N3O/c1-37(2)41-22-24-42(25-23-41)43-28-29-63-56(35-43)46-30-45(31-47(32-46)61(9,10)11)49-19-17-21-57-58(49)64-60(54-34-44(38(3)4)33-53(40(7)8)59(54)66)65(57)48-26-27-50(52(36-48)39(5)6)51-18-15-16-20-55(51)62(12,13)14/h15-40,66H,1-14H3/i37D,38D,39D,40D. The van der Waals surface area contributed by atoms with E-state index in [2.05, 4.69) is 143 Å². The maximum absolute atomic E-state index is 12.4. The summed E-state index contributed by atoms with van der Waals surface area (Å²) in [5.74, 6) is -3.52.